The first-order chi connectivity index (χ1) is 11.0. The van der Waals surface area contributed by atoms with Crippen LogP contribution in [0, 0.1) is 17.1 Å². The smallest absolute Gasteiger partial charge is 0.267 e. The number of amides is 1. The van der Waals surface area contributed by atoms with E-state index >= 15 is 0 Å². The first-order valence-corrected chi connectivity index (χ1v) is 7.14. The van der Waals surface area contributed by atoms with Crippen LogP contribution in [0.15, 0.2) is 54.2 Å². The largest absolute Gasteiger partial charge is 0.360 e. The summed E-state index contributed by atoms with van der Waals surface area (Å²) in [5.74, 6) is -1.04. The maximum Gasteiger partial charge on any atom is 0.267 e. The molecule has 23 heavy (non-hydrogen) atoms. The number of carbonyl (C=O) groups is 1. The van der Waals surface area contributed by atoms with Crippen molar-refractivity contribution in [1.82, 2.24) is 0 Å². The molecule has 0 aliphatic rings. The molecule has 0 saturated carbocycles. The van der Waals surface area contributed by atoms with Crippen LogP contribution in [-0.2, 0) is 4.79 Å². The number of hydrogen-bond donors (Lipinski definition) is 2. The summed E-state index contributed by atoms with van der Waals surface area (Å²) >= 11 is 11.7. The SMILES string of the molecule is N#C/C(=C/Nc1ccc(Cl)c(Cl)c1)C(=O)Nc1ccc(F)cc1. The Hall–Kier alpha value is -2.55. The van der Waals surface area contributed by atoms with Gasteiger partial charge in [-0.2, -0.15) is 5.26 Å². The number of rotatable bonds is 4. The lowest BCUT2D eigenvalue weighted by Gasteiger charge is -2.06. The van der Waals surface area contributed by atoms with E-state index in [-0.39, 0.29) is 5.57 Å². The van der Waals surface area contributed by atoms with Crippen molar-refractivity contribution in [2.75, 3.05) is 10.6 Å². The third-order valence-electron chi connectivity index (χ3n) is 2.77. The molecule has 0 radical (unpaired) electrons. The van der Waals surface area contributed by atoms with E-state index in [1.807, 2.05) is 0 Å². The highest BCUT2D eigenvalue weighted by molar-refractivity contribution is 6.42. The third-order valence-corrected chi connectivity index (χ3v) is 3.51. The minimum Gasteiger partial charge on any atom is -0.360 e. The molecule has 0 aliphatic carbocycles. The molecule has 4 nitrogen and oxygen atoms in total. The molecule has 2 aromatic rings. The maximum absolute atomic E-state index is 12.8. The molecule has 0 aromatic heterocycles. The second kappa shape index (κ2) is 7.63. The fraction of sp³-hybridized carbons (Fsp3) is 0. The number of nitriles is 1. The molecule has 0 heterocycles. The minimum absolute atomic E-state index is 0.152. The van der Waals surface area contributed by atoms with Gasteiger partial charge in [0.05, 0.1) is 10.0 Å². The normalized spacial score (nSPS) is 10.8. The van der Waals surface area contributed by atoms with Crippen LogP contribution in [0.25, 0.3) is 0 Å². The van der Waals surface area contributed by atoms with Gasteiger partial charge >= 0.3 is 0 Å². The zero-order chi connectivity index (χ0) is 16.8. The Morgan fingerprint density at radius 3 is 2.35 bits per heavy atom. The first-order valence-electron chi connectivity index (χ1n) is 6.38. The summed E-state index contributed by atoms with van der Waals surface area (Å²) in [5.41, 5.74) is 0.800. The molecule has 7 heteroatoms. The molecule has 0 spiro atoms. The van der Waals surface area contributed by atoms with Gasteiger partial charge in [0.1, 0.15) is 17.5 Å². The Balaban J connectivity index is 2.08. The van der Waals surface area contributed by atoms with Crippen LogP contribution in [0.5, 0.6) is 0 Å². The lowest BCUT2D eigenvalue weighted by atomic mass is 10.2. The van der Waals surface area contributed by atoms with E-state index in [1.54, 1.807) is 24.3 Å². The third kappa shape index (κ3) is 4.71. The van der Waals surface area contributed by atoms with Gasteiger partial charge in [-0.15, -0.1) is 0 Å². The minimum atomic E-state index is -0.619. The van der Waals surface area contributed by atoms with E-state index in [9.17, 15) is 9.18 Å². The predicted octanol–water partition coefficient (Wildman–Crippen LogP) is 4.59. The topological polar surface area (TPSA) is 64.9 Å². The van der Waals surface area contributed by atoms with Gasteiger partial charge in [-0.3, -0.25) is 4.79 Å². The van der Waals surface area contributed by atoms with Crippen LogP contribution in [0.2, 0.25) is 10.0 Å². The average Bonchev–Trinajstić information content (AvgIpc) is 2.53. The van der Waals surface area contributed by atoms with Crippen molar-refractivity contribution in [3.63, 3.8) is 0 Å². The van der Waals surface area contributed by atoms with Crippen LogP contribution >= 0.6 is 23.2 Å². The number of halogens is 3. The highest BCUT2D eigenvalue weighted by Gasteiger charge is 2.09. The van der Waals surface area contributed by atoms with E-state index in [0.717, 1.165) is 0 Å². The Morgan fingerprint density at radius 2 is 1.74 bits per heavy atom. The molecule has 0 saturated heterocycles. The number of anilines is 2. The summed E-state index contributed by atoms with van der Waals surface area (Å²) in [5, 5.41) is 15.1. The predicted molar refractivity (Wildman–Crippen MR) is 88.8 cm³/mol. The van der Waals surface area contributed by atoms with Gasteiger partial charge < -0.3 is 10.6 Å². The van der Waals surface area contributed by atoms with E-state index in [0.29, 0.717) is 21.4 Å². The molecule has 0 aliphatic heterocycles. The Kier molecular flexibility index (Phi) is 5.58. The molecule has 116 valence electrons. The summed E-state index contributed by atoms with van der Waals surface area (Å²) < 4.78 is 12.8. The standard InChI is InChI=1S/C16H10Cl2FN3O/c17-14-6-5-13(7-15(14)18)21-9-10(8-20)16(23)22-12-3-1-11(19)2-4-12/h1-7,9,21H,(H,22,23)/b10-9-. The summed E-state index contributed by atoms with van der Waals surface area (Å²) in [4.78, 5) is 12.0. The highest BCUT2D eigenvalue weighted by Crippen LogP contribution is 2.25. The lowest BCUT2D eigenvalue weighted by Crippen LogP contribution is -2.14. The van der Waals surface area contributed by atoms with Crippen molar-refractivity contribution >= 4 is 40.5 Å². The van der Waals surface area contributed by atoms with Crippen LogP contribution in [0.1, 0.15) is 0 Å². The average molecular weight is 350 g/mol. The summed E-state index contributed by atoms with van der Waals surface area (Å²) in [7, 11) is 0. The molecule has 2 aromatic carbocycles. The monoisotopic (exact) mass is 349 g/mol. The van der Waals surface area contributed by atoms with Gasteiger partial charge in [0.2, 0.25) is 0 Å². The number of hydrogen-bond acceptors (Lipinski definition) is 3. The lowest BCUT2D eigenvalue weighted by molar-refractivity contribution is -0.112. The quantitative estimate of drug-likeness (QED) is 0.626. The Morgan fingerprint density at radius 1 is 1.09 bits per heavy atom. The van der Waals surface area contributed by atoms with Gasteiger partial charge in [-0.25, -0.2) is 4.39 Å². The van der Waals surface area contributed by atoms with Crippen LogP contribution in [-0.4, -0.2) is 5.91 Å². The molecule has 0 fully saturated rings. The van der Waals surface area contributed by atoms with Gasteiger partial charge in [-0.05, 0) is 42.5 Å². The van der Waals surface area contributed by atoms with E-state index in [1.165, 1.54) is 30.5 Å². The maximum atomic E-state index is 12.8. The summed E-state index contributed by atoms with van der Waals surface area (Å²) in [6.07, 6.45) is 1.25. The highest BCUT2D eigenvalue weighted by atomic mass is 35.5. The number of nitrogens with zero attached hydrogens (tertiary/aromatic N) is 1. The van der Waals surface area contributed by atoms with Crippen molar-refractivity contribution < 1.29 is 9.18 Å². The van der Waals surface area contributed by atoms with Crippen molar-refractivity contribution in [2.45, 2.75) is 0 Å². The number of benzene rings is 2. The van der Waals surface area contributed by atoms with E-state index < -0.39 is 11.7 Å². The molecular formula is C16H10Cl2FN3O. The molecular weight excluding hydrogens is 340 g/mol. The second-order valence-electron chi connectivity index (χ2n) is 4.40. The summed E-state index contributed by atoms with van der Waals surface area (Å²) in [6, 6.07) is 11.8. The van der Waals surface area contributed by atoms with Gasteiger partial charge in [0.15, 0.2) is 0 Å². The molecule has 2 N–H and O–H groups in total. The molecule has 0 unspecified atom stereocenters. The van der Waals surface area contributed by atoms with Gasteiger partial charge in [0.25, 0.3) is 5.91 Å². The van der Waals surface area contributed by atoms with Crippen LogP contribution in [0.4, 0.5) is 15.8 Å². The zero-order valence-electron chi connectivity index (χ0n) is 11.6. The van der Waals surface area contributed by atoms with Gasteiger partial charge in [-0.1, -0.05) is 23.2 Å². The fourth-order valence-corrected chi connectivity index (χ4v) is 1.92. The van der Waals surface area contributed by atoms with Crippen molar-refractivity contribution in [3.8, 4) is 6.07 Å². The van der Waals surface area contributed by atoms with Crippen molar-refractivity contribution in [1.29, 1.82) is 5.26 Å². The first kappa shape index (κ1) is 16.8. The second-order valence-corrected chi connectivity index (χ2v) is 5.22. The van der Waals surface area contributed by atoms with Crippen molar-refractivity contribution in [3.05, 3.63) is 70.1 Å². The number of nitrogens with one attached hydrogen (secondary N) is 2. The fourth-order valence-electron chi connectivity index (χ4n) is 1.62. The Labute approximate surface area is 142 Å². The van der Waals surface area contributed by atoms with Gasteiger partial charge in [0, 0.05) is 17.6 Å². The molecule has 2 rings (SSSR count). The van der Waals surface area contributed by atoms with Crippen molar-refractivity contribution in [2.24, 2.45) is 0 Å². The molecule has 0 bridgehead atoms. The summed E-state index contributed by atoms with van der Waals surface area (Å²) in [6.45, 7) is 0. The Bertz CT molecular complexity index is 798. The van der Waals surface area contributed by atoms with E-state index in [4.69, 9.17) is 28.5 Å². The zero-order valence-corrected chi connectivity index (χ0v) is 13.1. The van der Waals surface area contributed by atoms with E-state index in [2.05, 4.69) is 10.6 Å². The number of carbonyl (C=O) groups excluding carboxylic acids is 1. The van der Waals surface area contributed by atoms with Crippen LogP contribution < -0.4 is 10.6 Å². The van der Waals surface area contributed by atoms with Crippen LogP contribution in [0.3, 0.4) is 0 Å². The molecule has 1 amide bonds. The molecule has 0 atom stereocenters.